The molecule has 1 amide bonds. The molecule has 0 aliphatic heterocycles. The summed E-state index contributed by atoms with van der Waals surface area (Å²) in [6, 6.07) is 8.40. The molecule has 0 N–H and O–H groups in total. The fourth-order valence-electron chi connectivity index (χ4n) is 2.91. The predicted molar refractivity (Wildman–Crippen MR) is 95.1 cm³/mol. The van der Waals surface area contributed by atoms with Gasteiger partial charge in [0.2, 0.25) is 5.91 Å². The first-order chi connectivity index (χ1) is 12.8. The lowest BCUT2D eigenvalue weighted by molar-refractivity contribution is -0.152. The van der Waals surface area contributed by atoms with Gasteiger partial charge in [0.1, 0.15) is 6.04 Å². The van der Waals surface area contributed by atoms with Crippen LogP contribution in [0.15, 0.2) is 30.3 Å². The molecule has 1 aromatic carbocycles. The number of hydrogen-bond acceptors (Lipinski definition) is 4. The van der Waals surface area contributed by atoms with E-state index in [0.717, 1.165) is 5.56 Å². The smallest absolute Gasteiger partial charge is 0.333 e. The molecule has 146 valence electrons. The molecule has 1 aromatic heterocycles. The lowest BCUT2D eigenvalue weighted by Gasteiger charge is -2.28. The Morgan fingerprint density at radius 1 is 1.22 bits per heavy atom. The van der Waals surface area contributed by atoms with Crippen LogP contribution >= 0.6 is 0 Å². The number of rotatable bonds is 7. The van der Waals surface area contributed by atoms with Crippen LogP contribution in [0.5, 0.6) is 0 Å². The Hall–Kier alpha value is -2.77. The third-order valence-electron chi connectivity index (χ3n) is 4.51. The third-order valence-corrected chi connectivity index (χ3v) is 4.51. The molecule has 2 rings (SSSR count). The molecule has 0 aliphatic rings. The number of aryl methyl sites for hydroxylation is 1. The van der Waals surface area contributed by atoms with E-state index in [9.17, 15) is 18.4 Å². The van der Waals surface area contributed by atoms with Gasteiger partial charge in [-0.05, 0) is 26.3 Å². The number of methoxy groups -OCH3 is 1. The molecule has 6 nitrogen and oxygen atoms in total. The van der Waals surface area contributed by atoms with E-state index in [0.29, 0.717) is 15.9 Å². The highest BCUT2D eigenvalue weighted by molar-refractivity contribution is 5.85. The SMILES string of the molecule is COC(=O)[C@H](C)N(Cc1ccccc1)C(=O)Cc1c(C)nn(C(F)F)c1C. The Kier molecular flexibility index (Phi) is 6.65. The predicted octanol–water partition coefficient (Wildman–Crippen LogP) is 3.03. The highest BCUT2D eigenvalue weighted by Crippen LogP contribution is 2.21. The summed E-state index contributed by atoms with van der Waals surface area (Å²) in [5.41, 5.74) is 1.89. The second-order valence-electron chi connectivity index (χ2n) is 6.25. The molecule has 0 saturated heterocycles. The summed E-state index contributed by atoms with van der Waals surface area (Å²) in [7, 11) is 1.25. The fraction of sp³-hybridized carbons (Fsp3) is 0.421. The van der Waals surface area contributed by atoms with Crippen molar-refractivity contribution in [2.75, 3.05) is 7.11 Å². The standard InChI is InChI=1S/C19H23F2N3O3/c1-12-16(13(2)24(22-12)19(20)21)10-17(25)23(14(3)18(26)27-4)11-15-8-6-5-7-9-15/h5-9,14,19H,10-11H2,1-4H3/t14-/m0/s1. The van der Waals surface area contributed by atoms with Crippen LogP contribution < -0.4 is 0 Å². The molecule has 0 unspecified atom stereocenters. The summed E-state index contributed by atoms with van der Waals surface area (Å²) in [6.07, 6.45) is -0.126. The number of halogens is 2. The van der Waals surface area contributed by atoms with E-state index in [1.165, 1.54) is 18.9 Å². The lowest BCUT2D eigenvalue weighted by Crippen LogP contribution is -2.44. The van der Waals surface area contributed by atoms with Crippen LogP contribution in [0.2, 0.25) is 0 Å². The van der Waals surface area contributed by atoms with Crippen LogP contribution in [0.4, 0.5) is 8.78 Å². The second-order valence-corrected chi connectivity index (χ2v) is 6.25. The maximum Gasteiger partial charge on any atom is 0.333 e. The van der Waals surface area contributed by atoms with Crippen molar-refractivity contribution in [1.82, 2.24) is 14.7 Å². The number of aromatic nitrogens is 2. The Bertz CT molecular complexity index is 806. The molecule has 0 radical (unpaired) electrons. The molecular formula is C19H23F2N3O3. The molecule has 0 bridgehead atoms. The second kappa shape index (κ2) is 8.75. The van der Waals surface area contributed by atoms with Crippen molar-refractivity contribution in [3.05, 3.63) is 52.8 Å². The normalized spacial score (nSPS) is 12.1. The van der Waals surface area contributed by atoms with Crippen LogP contribution in [-0.2, 0) is 27.3 Å². The average Bonchev–Trinajstić information content (AvgIpc) is 2.94. The largest absolute Gasteiger partial charge is 0.467 e. The van der Waals surface area contributed by atoms with Crippen molar-refractivity contribution in [2.24, 2.45) is 0 Å². The summed E-state index contributed by atoms with van der Waals surface area (Å²) in [4.78, 5) is 26.3. The number of nitrogens with zero attached hydrogens (tertiary/aromatic N) is 3. The number of ether oxygens (including phenoxy) is 1. The minimum atomic E-state index is -2.78. The molecule has 0 spiro atoms. The minimum absolute atomic E-state index is 0.126. The van der Waals surface area contributed by atoms with Gasteiger partial charge < -0.3 is 9.64 Å². The molecule has 2 aromatic rings. The number of esters is 1. The van der Waals surface area contributed by atoms with Crippen LogP contribution in [0.3, 0.4) is 0 Å². The van der Waals surface area contributed by atoms with Crippen LogP contribution in [-0.4, -0.2) is 39.7 Å². The summed E-state index contributed by atoms with van der Waals surface area (Å²) < 4.78 is 31.4. The number of hydrogen-bond donors (Lipinski definition) is 0. The van der Waals surface area contributed by atoms with Gasteiger partial charge in [-0.3, -0.25) is 4.79 Å². The minimum Gasteiger partial charge on any atom is -0.467 e. The molecule has 0 fully saturated rings. The molecule has 8 heteroatoms. The summed E-state index contributed by atoms with van der Waals surface area (Å²) in [5, 5.41) is 3.81. The van der Waals surface area contributed by atoms with Crippen LogP contribution in [0.25, 0.3) is 0 Å². The molecule has 27 heavy (non-hydrogen) atoms. The van der Waals surface area contributed by atoms with Gasteiger partial charge in [0.15, 0.2) is 0 Å². The van der Waals surface area contributed by atoms with E-state index in [-0.39, 0.29) is 24.6 Å². The zero-order valence-corrected chi connectivity index (χ0v) is 15.8. The number of amides is 1. The van der Waals surface area contributed by atoms with Gasteiger partial charge >= 0.3 is 12.5 Å². The van der Waals surface area contributed by atoms with E-state index in [4.69, 9.17) is 4.74 Å². The number of benzene rings is 1. The monoisotopic (exact) mass is 379 g/mol. The van der Waals surface area contributed by atoms with Gasteiger partial charge in [0.25, 0.3) is 0 Å². The highest BCUT2D eigenvalue weighted by atomic mass is 19.3. The van der Waals surface area contributed by atoms with Crippen molar-refractivity contribution in [3.8, 4) is 0 Å². The third kappa shape index (κ3) is 4.69. The Morgan fingerprint density at radius 2 is 1.85 bits per heavy atom. The zero-order chi connectivity index (χ0) is 20.1. The van der Waals surface area contributed by atoms with E-state index in [2.05, 4.69) is 5.10 Å². The topological polar surface area (TPSA) is 64.4 Å². The quantitative estimate of drug-likeness (QED) is 0.694. The van der Waals surface area contributed by atoms with Crippen molar-refractivity contribution in [1.29, 1.82) is 0 Å². The molecule has 0 aliphatic carbocycles. The van der Waals surface area contributed by atoms with Gasteiger partial charge in [-0.15, -0.1) is 0 Å². The number of carbonyl (C=O) groups is 2. The van der Waals surface area contributed by atoms with Gasteiger partial charge in [-0.1, -0.05) is 30.3 Å². The first kappa shape index (κ1) is 20.5. The summed E-state index contributed by atoms with van der Waals surface area (Å²) >= 11 is 0. The molecule has 1 atom stereocenters. The van der Waals surface area contributed by atoms with Gasteiger partial charge in [-0.25, -0.2) is 9.48 Å². The molecule has 0 saturated carbocycles. The van der Waals surface area contributed by atoms with E-state index in [1.54, 1.807) is 13.8 Å². The van der Waals surface area contributed by atoms with E-state index < -0.39 is 18.6 Å². The van der Waals surface area contributed by atoms with Crippen molar-refractivity contribution >= 4 is 11.9 Å². The summed E-state index contributed by atoms with van der Waals surface area (Å²) in [5.74, 6) is -0.909. The van der Waals surface area contributed by atoms with Crippen molar-refractivity contribution < 1.29 is 23.1 Å². The maximum atomic E-state index is 13.0. The zero-order valence-electron chi connectivity index (χ0n) is 15.8. The van der Waals surface area contributed by atoms with Crippen LogP contribution in [0.1, 0.15) is 36.0 Å². The first-order valence-corrected chi connectivity index (χ1v) is 8.50. The maximum absolute atomic E-state index is 13.0. The Balaban J connectivity index is 2.30. The number of carbonyl (C=O) groups excluding carboxylic acids is 2. The average molecular weight is 379 g/mol. The fourth-order valence-corrected chi connectivity index (χ4v) is 2.91. The van der Waals surface area contributed by atoms with Gasteiger partial charge in [0.05, 0.1) is 19.2 Å². The highest BCUT2D eigenvalue weighted by Gasteiger charge is 2.28. The summed E-state index contributed by atoms with van der Waals surface area (Å²) in [6.45, 7) is 2.09. The van der Waals surface area contributed by atoms with Gasteiger partial charge in [0, 0.05) is 17.8 Å². The van der Waals surface area contributed by atoms with Crippen molar-refractivity contribution in [2.45, 2.75) is 46.3 Å². The Labute approximate surface area is 156 Å². The van der Waals surface area contributed by atoms with Crippen molar-refractivity contribution in [3.63, 3.8) is 0 Å². The Morgan fingerprint density at radius 3 is 2.37 bits per heavy atom. The first-order valence-electron chi connectivity index (χ1n) is 8.50. The molecule has 1 heterocycles. The van der Waals surface area contributed by atoms with Gasteiger partial charge in [-0.2, -0.15) is 13.9 Å². The number of alkyl halides is 2. The van der Waals surface area contributed by atoms with Crippen LogP contribution in [0, 0.1) is 13.8 Å². The van der Waals surface area contributed by atoms with E-state index in [1.807, 2.05) is 30.3 Å². The molecular weight excluding hydrogens is 356 g/mol. The lowest BCUT2D eigenvalue weighted by atomic mass is 10.1. The van der Waals surface area contributed by atoms with E-state index >= 15 is 0 Å².